The summed E-state index contributed by atoms with van der Waals surface area (Å²) >= 11 is 0. The summed E-state index contributed by atoms with van der Waals surface area (Å²) in [4.78, 5) is 0.325. The molecule has 0 N–H and O–H groups in total. The maximum atomic E-state index is 11.6. The first-order valence-electron chi connectivity index (χ1n) is 3.85. The van der Waals surface area contributed by atoms with Crippen LogP contribution in [0.5, 0.6) is 11.5 Å². The first kappa shape index (κ1) is 7.20. The van der Waals surface area contributed by atoms with Crippen molar-refractivity contribution in [2.75, 3.05) is 6.61 Å². The van der Waals surface area contributed by atoms with Gasteiger partial charge in [-0.15, -0.1) is 0 Å². The van der Waals surface area contributed by atoms with Crippen LogP contribution in [0.15, 0.2) is 23.1 Å². The molecule has 0 saturated carbocycles. The van der Waals surface area contributed by atoms with Crippen LogP contribution < -0.4 is 9.47 Å². The number of ether oxygens (including phenoxy) is 2. The van der Waals surface area contributed by atoms with Gasteiger partial charge >= 0.3 is 0 Å². The van der Waals surface area contributed by atoms with E-state index in [4.69, 9.17) is 9.47 Å². The monoisotopic (exact) mass is 198 g/mol. The number of benzene rings is 1. The van der Waals surface area contributed by atoms with Gasteiger partial charge in [-0.05, 0) is 12.1 Å². The Bertz CT molecular complexity index is 477. The normalized spacial score (nSPS) is 26.3. The molecule has 0 spiro atoms. The molecule has 2 aliphatic rings. The van der Waals surface area contributed by atoms with E-state index in [0.29, 0.717) is 16.4 Å². The lowest BCUT2D eigenvalue weighted by atomic mass is 10.3. The third kappa shape index (κ3) is 0.771. The lowest BCUT2D eigenvalue weighted by molar-refractivity contribution is 0.137. The first-order valence-corrected chi connectivity index (χ1v) is 5.40. The highest BCUT2D eigenvalue weighted by atomic mass is 32.2. The van der Waals surface area contributed by atoms with E-state index < -0.39 is 15.3 Å². The van der Waals surface area contributed by atoms with Crippen molar-refractivity contribution in [3.63, 3.8) is 0 Å². The van der Waals surface area contributed by atoms with Gasteiger partial charge in [0.25, 0.3) is 0 Å². The van der Waals surface area contributed by atoms with Gasteiger partial charge in [0.1, 0.15) is 6.61 Å². The van der Waals surface area contributed by atoms with Crippen LogP contribution in [0, 0.1) is 0 Å². The van der Waals surface area contributed by atoms with E-state index in [9.17, 15) is 8.42 Å². The topological polar surface area (TPSA) is 52.6 Å². The predicted octanol–water partition coefficient (Wildman–Crippen LogP) is 0.571. The van der Waals surface area contributed by atoms with Crippen molar-refractivity contribution >= 4 is 9.84 Å². The zero-order valence-corrected chi connectivity index (χ0v) is 7.37. The van der Waals surface area contributed by atoms with Crippen LogP contribution in [0.4, 0.5) is 0 Å². The second-order valence-corrected chi connectivity index (χ2v) is 5.10. The van der Waals surface area contributed by atoms with E-state index in [1.54, 1.807) is 12.1 Å². The first-order chi connectivity index (χ1) is 6.18. The summed E-state index contributed by atoms with van der Waals surface area (Å²) in [6.45, 7) is 0.0862. The van der Waals surface area contributed by atoms with Gasteiger partial charge in [-0.1, -0.05) is 0 Å². The van der Waals surface area contributed by atoms with Crippen LogP contribution in [0.1, 0.15) is 0 Å². The van der Waals surface area contributed by atoms with Crippen LogP contribution in [0.3, 0.4) is 0 Å². The Balaban J connectivity index is 2.43. The summed E-state index contributed by atoms with van der Waals surface area (Å²) in [5.41, 5.74) is -0.851. The molecule has 3 bridgehead atoms. The van der Waals surface area contributed by atoms with Gasteiger partial charge in [-0.25, -0.2) is 8.42 Å². The fourth-order valence-corrected chi connectivity index (χ4v) is 2.82. The Morgan fingerprint density at radius 3 is 3.00 bits per heavy atom. The van der Waals surface area contributed by atoms with Crippen molar-refractivity contribution in [2.45, 2.75) is 10.3 Å². The van der Waals surface area contributed by atoms with E-state index in [-0.39, 0.29) is 6.61 Å². The molecule has 1 aromatic carbocycles. The van der Waals surface area contributed by atoms with Crippen molar-refractivity contribution in [1.29, 1.82) is 0 Å². The third-order valence-corrected chi connectivity index (χ3v) is 4.06. The smallest absolute Gasteiger partial charge is 0.237 e. The highest BCUT2D eigenvalue weighted by Crippen LogP contribution is 2.40. The maximum absolute atomic E-state index is 11.6. The molecular formula is C8H6O4S. The number of fused-ring (bicyclic) bond motifs is 2. The average molecular weight is 198 g/mol. The molecule has 0 aliphatic carbocycles. The van der Waals surface area contributed by atoms with Gasteiger partial charge in [0.15, 0.2) is 11.5 Å². The van der Waals surface area contributed by atoms with Crippen molar-refractivity contribution in [3.05, 3.63) is 18.2 Å². The average Bonchev–Trinajstić information content (AvgIpc) is 2.14. The molecule has 68 valence electrons. The molecule has 0 amide bonds. The molecular weight excluding hydrogens is 192 g/mol. The van der Waals surface area contributed by atoms with Crippen LogP contribution in [0.25, 0.3) is 0 Å². The summed E-state index contributed by atoms with van der Waals surface area (Å²) in [5, 5.41) is 0. The summed E-state index contributed by atoms with van der Waals surface area (Å²) in [5.74, 6) is 1.15. The molecule has 5 heteroatoms. The standard InChI is InChI=1S/C8H6O4S/c9-13(10)5-1-2-6-7(3-5)12-8(13)4-11-6/h1-3,8H,4H2. The van der Waals surface area contributed by atoms with E-state index >= 15 is 0 Å². The molecule has 0 saturated heterocycles. The molecule has 4 nitrogen and oxygen atoms in total. The van der Waals surface area contributed by atoms with E-state index in [2.05, 4.69) is 0 Å². The van der Waals surface area contributed by atoms with Gasteiger partial charge in [0.05, 0.1) is 4.90 Å². The second-order valence-electron chi connectivity index (χ2n) is 3.01. The van der Waals surface area contributed by atoms with Gasteiger partial charge < -0.3 is 9.47 Å². The predicted molar refractivity (Wildman–Crippen MR) is 43.5 cm³/mol. The summed E-state index contributed by atoms with van der Waals surface area (Å²) < 4.78 is 33.7. The van der Waals surface area contributed by atoms with Crippen LogP contribution in [-0.2, 0) is 9.84 Å². The third-order valence-electron chi connectivity index (χ3n) is 2.22. The van der Waals surface area contributed by atoms with Crippen molar-refractivity contribution in [1.82, 2.24) is 0 Å². The number of hydrogen-bond acceptors (Lipinski definition) is 4. The maximum Gasteiger partial charge on any atom is 0.237 e. The molecule has 2 heterocycles. The van der Waals surface area contributed by atoms with Gasteiger partial charge in [0, 0.05) is 6.07 Å². The molecule has 1 atom stereocenters. The molecule has 1 aromatic rings. The van der Waals surface area contributed by atoms with Gasteiger partial charge in [-0.3, -0.25) is 0 Å². The number of hydrogen-bond donors (Lipinski definition) is 0. The quantitative estimate of drug-likeness (QED) is 0.611. The Morgan fingerprint density at radius 2 is 2.15 bits per heavy atom. The van der Waals surface area contributed by atoms with E-state index in [1.807, 2.05) is 0 Å². The van der Waals surface area contributed by atoms with Crippen LogP contribution in [0.2, 0.25) is 0 Å². The molecule has 3 rings (SSSR count). The summed E-state index contributed by atoms with van der Waals surface area (Å²) in [6, 6.07) is 4.67. The minimum Gasteiger partial charge on any atom is -0.485 e. The largest absolute Gasteiger partial charge is 0.485 e. The Morgan fingerprint density at radius 1 is 1.31 bits per heavy atom. The van der Waals surface area contributed by atoms with E-state index in [0.717, 1.165) is 0 Å². The Labute approximate surface area is 75.0 Å². The lowest BCUT2D eigenvalue weighted by Gasteiger charge is -2.30. The van der Waals surface area contributed by atoms with Crippen molar-refractivity contribution < 1.29 is 17.9 Å². The molecule has 0 fully saturated rings. The number of rotatable bonds is 0. The highest BCUT2D eigenvalue weighted by Gasteiger charge is 2.38. The summed E-state index contributed by atoms with van der Waals surface area (Å²) in [7, 11) is -3.32. The molecule has 2 aliphatic heterocycles. The van der Waals surface area contributed by atoms with E-state index in [1.165, 1.54) is 6.07 Å². The van der Waals surface area contributed by atoms with Crippen molar-refractivity contribution in [2.24, 2.45) is 0 Å². The zero-order valence-electron chi connectivity index (χ0n) is 6.56. The van der Waals surface area contributed by atoms with Gasteiger partial charge in [0.2, 0.25) is 15.3 Å². The van der Waals surface area contributed by atoms with Crippen LogP contribution in [-0.4, -0.2) is 20.5 Å². The van der Waals surface area contributed by atoms with Crippen molar-refractivity contribution in [3.8, 4) is 11.5 Å². The fraction of sp³-hybridized carbons (Fsp3) is 0.250. The SMILES string of the molecule is O=S1(=O)c2ccc3c(c2)OC1CO3. The second kappa shape index (κ2) is 1.98. The minimum atomic E-state index is -3.32. The van der Waals surface area contributed by atoms with Gasteiger partial charge in [-0.2, -0.15) is 0 Å². The van der Waals surface area contributed by atoms with Crippen LogP contribution >= 0.6 is 0 Å². The molecule has 13 heavy (non-hydrogen) atoms. The minimum absolute atomic E-state index is 0.0862. The lowest BCUT2D eigenvalue weighted by Crippen LogP contribution is -2.39. The number of sulfone groups is 1. The molecule has 0 radical (unpaired) electrons. The zero-order chi connectivity index (χ0) is 9.05. The summed E-state index contributed by atoms with van der Waals surface area (Å²) in [6.07, 6.45) is 0. The Hall–Kier alpha value is -1.23. The highest BCUT2D eigenvalue weighted by molar-refractivity contribution is 7.92. The Kier molecular flexibility index (Phi) is 1.10. The molecule has 1 unspecified atom stereocenters. The fourth-order valence-electron chi connectivity index (χ4n) is 1.51. The molecule has 0 aromatic heterocycles.